The van der Waals surface area contributed by atoms with Gasteiger partial charge < -0.3 is 43.6 Å². The highest BCUT2D eigenvalue weighted by atomic mass is 32.2. The molecule has 5 amide bonds. The molecule has 0 aliphatic carbocycles. The van der Waals surface area contributed by atoms with Crippen LogP contribution in [0.2, 0.25) is 0 Å². The Kier molecular flexibility index (Phi) is 17.8. The Bertz CT molecular complexity index is 844. The summed E-state index contributed by atoms with van der Waals surface area (Å²) >= 11 is 1.53. The molecule has 0 saturated carbocycles. The maximum absolute atomic E-state index is 13.1. The van der Waals surface area contributed by atoms with Crippen LogP contribution in [0.15, 0.2) is 0 Å². The Hall–Kier alpha value is -2.91. The first-order valence-electron chi connectivity index (χ1n) is 12.9. The lowest BCUT2D eigenvalue weighted by atomic mass is 10.0. The molecule has 5 atom stereocenters. The van der Waals surface area contributed by atoms with Crippen LogP contribution in [0.25, 0.3) is 0 Å². The standard InChI is InChI=1S/C24H45N7O7S/c1-13(2)19(24(37)38)31-20(33)14(3)28-22(35)17(8-9-18(27)32)30-23(36)16(7-5-6-11-25)29-21(34)15(26)10-12-39-4/h13-17,19H,5-12,25-26H2,1-4H3,(H2,27,32)(H,28,35)(H,29,34)(H,30,36)(H,31,33)(H,37,38). The van der Waals surface area contributed by atoms with E-state index in [4.69, 9.17) is 17.2 Å². The lowest BCUT2D eigenvalue weighted by molar-refractivity contribution is -0.143. The van der Waals surface area contributed by atoms with Gasteiger partial charge in [-0.2, -0.15) is 11.8 Å². The van der Waals surface area contributed by atoms with Crippen LogP contribution in [0.5, 0.6) is 0 Å². The number of carboxylic acid groups (broad SMARTS) is 1. The van der Waals surface area contributed by atoms with E-state index < -0.39 is 71.6 Å². The number of nitrogens with one attached hydrogen (secondary N) is 4. The van der Waals surface area contributed by atoms with Crippen LogP contribution in [0, 0.1) is 5.92 Å². The van der Waals surface area contributed by atoms with E-state index in [2.05, 4.69) is 21.3 Å². The van der Waals surface area contributed by atoms with Crippen LogP contribution >= 0.6 is 11.8 Å². The third-order valence-corrected chi connectivity index (χ3v) is 6.49. The lowest BCUT2D eigenvalue weighted by Gasteiger charge is -2.25. The van der Waals surface area contributed by atoms with E-state index in [1.807, 2.05) is 6.26 Å². The summed E-state index contributed by atoms with van der Waals surface area (Å²) in [4.78, 5) is 74.0. The van der Waals surface area contributed by atoms with Crippen molar-refractivity contribution in [3.8, 4) is 0 Å². The molecule has 0 aromatic heterocycles. The highest BCUT2D eigenvalue weighted by molar-refractivity contribution is 7.98. The third kappa shape index (κ3) is 14.7. The predicted molar refractivity (Wildman–Crippen MR) is 148 cm³/mol. The highest BCUT2D eigenvalue weighted by Gasteiger charge is 2.31. The molecule has 0 aromatic rings. The van der Waals surface area contributed by atoms with Crippen molar-refractivity contribution >= 4 is 47.3 Å². The van der Waals surface area contributed by atoms with Crippen molar-refractivity contribution in [2.75, 3.05) is 18.6 Å². The summed E-state index contributed by atoms with van der Waals surface area (Å²) in [5.41, 5.74) is 16.7. The molecule has 224 valence electrons. The summed E-state index contributed by atoms with van der Waals surface area (Å²) in [5, 5.41) is 19.2. The number of aliphatic carboxylic acids is 1. The van der Waals surface area contributed by atoms with Crippen LogP contribution in [-0.2, 0) is 28.8 Å². The number of hydrogen-bond acceptors (Lipinski definition) is 9. The minimum absolute atomic E-state index is 0.165. The van der Waals surface area contributed by atoms with E-state index in [1.54, 1.807) is 13.8 Å². The van der Waals surface area contributed by atoms with Gasteiger partial charge >= 0.3 is 5.97 Å². The Labute approximate surface area is 233 Å². The number of carbonyl (C=O) groups is 6. The van der Waals surface area contributed by atoms with Crippen LogP contribution in [0.1, 0.15) is 59.3 Å². The molecule has 0 rings (SSSR count). The quantitative estimate of drug-likeness (QED) is 0.0753. The second-order valence-corrected chi connectivity index (χ2v) is 10.6. The number of amides is 5. The zero-order chi connectivity index (χ0) is 30.1. The first-order chi connectivity index (χ1) is 18.2. The van der Waals surface area contributed by atoms with Gasteiger partial charge in [0, 0.05) is 6.42 Å². The number of thioether (sulfide) groups is 1. The maximum Gasteiger partial charge on any atom is 0.326 e. The molecule has 0 fully saturated rings. The number of rotatable bonds is 20. The van der Waals surface area contributed by atoms with Crippen LogP contribution in [0.3, 0.4) is 0 Å². The van der Waals surface area contributed by atoms with E-state index in [9.17, 15) is 33.9 Å². The molecule has 0 aliphatic rings. The maximum atomic E-state index is 13.1. The van der Waals surface area contributed by atoms with Crippen molar-refractivity contribution in [1.82, 2.24) is 21.3 Å². The Morgan fingerprint density at radius 3 is 1.87 bits per heavy atom. The van der Waals surface area contributed by atoms with Gasteiger partial charge in [0.2, 0.25) is 29.5 Å². The van der Waals surface area contributed by atoms with E-state index in [-0.39, 0.29) is 19.3 Å². The van der Waals surface area contributed by atoms with Crippen molar-refractivity contribution < 1.29 is 33.9 Å². The van der Waals surface area contributed by atoms with Gasteiger partial charge in [-0.05, 0) is 63.5 Å². The molecule has 0 aromatic carbocycles. The van der Waals surface area contributed by atoms with Gasteiger partial charge in [0.05, 0.1) is 6.04 Å². The summed E-state index contributed by atoms with van der Waals surface area (Å²) in [7, 11) is 0. The largest absolute Gasteiger partial charge is 0.480 e. The molecule has 0 bridgehead atoms. The molecule has 39 heavy (non-hydrogen) atoms. The molecule has 0 saturated heterocycles. The fourth-order valence-corrected chi connectivity index (χ4v) is 3.90. The zero-order valence-electron chi connectivity index (χ0n) is 23.2. The smallest absolute Gasteiger partial charge is 0.326 e. The van der Waals surface area contributed by atoms with E-state index >= 15 is 0 Å². The van der Waals surface area contributed by atoms with Gasteiger partial charge in [-0.15, -0.1) is 0 Å². The van der Waals surface area contributed by atoms with Crippen molar-refractivity contribution in [2.45, 2.75) is 89.5 Å². The molecule has 11 N–H and O–H groups in total. The van der Waals surface area contributed by atoms with Gasteiger partial charge in [0.15, 0.2) is 0 Å². The molecular formula is C24H45N7O7S. The number of unbranched alkanes of at least 4 members (excludes halogenated alkanes) is 1. The second-order valence-electron chi connectivity index (χ2n) is 9.60. The Balaban J connectivity index is 5.57. The van der Waals surface area contributed by atoms with Gasteiger partial charge in [0.1, 0.15) is 24.2 Å². The van der Waals surface area contributed by atoms with Crippen LogP contribution in [0.4, 0.5) is 0 Å². The Morgan fingerprint density at radius 2 is 1.36 bits per heavy atom. The minimum atomic E-state index is -1.26. The molecule has 0 spiro atoms. The zero-order valence-corrected chi connectivity index (χ0v) is 24.0. The van der Waals surface area contributed by atoms with Gasteiger partial charge in [0.25, 0.3) is 0 Å². The first kappa shape index (κ1) is 36.1. The van der Waals surface area contributed by atoms with Gasteiger partial charge in [-0.3, -0.25) is 24.0 Å². The van der Waals surface area contributed by atoms with Crippen molar-refractivity contribution in [3.05, 3.63) is 0 Å². The van der Waals surface area contributed by atoms with Crippen molar-refractivity contribution in [3.63, 3.8) is 0 Å². The summed E-state index contributed by atoms with van der Waals surface area (Å²) < 4.78 is 0. The predicted octanol–water partition coefficient (Wildman–Crippen LogP) is -1.84. The molecule has 14 nitrogen and oxygen atoms in total. The number of carbonyl (C=O) groups excluding carboxylic acids is 5. The minimum Gasteiger partial charge on any atom is -0.480 e. The number of hydrogen-bond donors (Lipinski definition) is 8. The highest BCUT2D eigenvalue weighted by Crippen LogP contribution is 2.07. The molecule has 0 aliphatic heterocycles. The van der Waals surface area contributed by atoms with Gasteiger partial charge in [-0.25, -0.2) is 4.79 Å². The van der Waals surface area contributed by atoms with Crippen LogP contribution < -0.4 is 38.5 Å². The molecular weight excluding hydrogens is 530 g/mol. The van der Waals surface area contributed by atoms with E-state index in [0.29, 0.717) is 31.6 Å². The van der Waals surface area contributed by atoms with Crippen molar-refractivity contribution in [2.24, 2.45) is 23.1 Å². The normalized spacial score (nSPS) is 14.8. The average Bonchev–Trinajstić information content (AvgIpc) is 2.86. The van der Waals surface area contributed by atoms with E-state index in [1.165, 1.54) is 18.7 Å². The summed E-state index contributed by atoms with van der Waals surface area (Å²) in [6.45, 7) is 4.98. The number of nitrogens with two attached hydrogens (primary N) is 3. The number of primary amides is 1. The van der Waals surface area contributed by atoms with E-state index in [0.717, 1.165) is 0 Å². The van der Waals surface area contributed by atoms with Gasteiger partial charge in [-0.1, -0.05) is 13.8 Å². The summed E-state index contributed by atoms with van der Waals surface area (Å²) in [6, 6.07) is -5.42. The third-order valence-electron chi connectivity index (χ3n) is 5.84. The topological polar surface area (TPSA) is 249 Å². The summed E-state index contributed by atoms with van der Waals surface area (Å²) in [6.07, 6.45) is 3.24. The average molecular weight is 576 g/mol. The fourth-order valence-electron chi connectivity index (χ4n) is 3.42. The second kappa shape index (κ2) is 19.2. The SMILES string of the molecule is CSCCC(N)C(=O)NC(CCCCN)C(=O)NC(CCC(N)=O)C(=O)NC(C)C(=O)NC(C(=O)O)C(C)C. The van der Waals surface area contributed by atoms with Crippen LogP contribution in [-0.4, -0.2) is 89.4 Å². The molecule has 5 unspecified atom stereocenters. The Morgan fingerprint density at radius 1 is 0.795 bits per heavy atom. The summed E-state index contributed by atoms with van der Waals surface area (Å²) in [5.74, 6) is -4.39. The molecule has 15 heteroatoms. The monoisotopic (exact) mass is 575 g/mol. The first-order valence-corrected chi connectivity index (χ1v) is 14.3. The molecule has 0 radical (unpaired) electrons. The van der Waals surface area contributed by atoms with Crippen molar-refractivity contribution in [1.29, 1.82) is 0 Å². The number of carboxylic acids is 1. The molecule has 0 heterocycles. The lowest BCUT2D eigenvalue weighted by Crippen LogP contribution is -2.58. The fraction of sp³-hybridized carbons (Fsp3) is 0.750.